The van der Waals surface area contributed by atoms with Gasteiger partial charge in [-0.25, -0.2) is 4.98 Å². The Bertz CT molecular complexity index is 1190. The Balaban J connectivity index is 1.46. The number of aromatic amines is 1. The van der Waals surface area contributed by atoms with Crippen LogP contribution in [-0.2, 0) is 0 Å². The lowest BCUT2D eigenvalue weighted by molar-refractivity contribution is 0.343. The number of aryl methyl sites for hydroxylation is 1. The van der Waals surface area contributed by atoms with E-state index in [1.165, 1.54) is 0 Å². The summed E-state index contributed by atoms with van der Waals surface area (Å²) in [6, 6.07) is 8.62. The van der Waals surface area contributed by atoms with E-state index in [9.17, 15) is 0 Å². The molecule has 4 aromatic rings. The van der Waals surface area contributed by atoms with Crippen LogP contribution in [0.15, 0.2) is 49.1 Å². The highest BCUT2D eigenvalue weighted by Gasteiger charge is 2.16. The molecule has 0 atom stereocenters. The monoisotopic (exact) mass is 417 g/mol. The molecule has 1 aromatic carbocycles. The third-order valence-corrected chi connectivity index (χ3v) is 6.21. The van der Waals surface area contributed by atoms with E-state index in [0.29, 0.717) is 6.04 Å². The molecule has 0 unspecified atom stereocenters. The number of hydrogen-bond acceptors (Lipinski definition) is 3. The first-order chi connectivity index (χ1) is 14.7. The van der Waals surface area contributed by atoms with Crippen molar-refractivity contribution in [3.63, 3.8) is 0 Å². The second-order valence-electron chi connectivity index (χ2n) is 7.86. The Morgan fingerprint density at radius 2 is 2.00 bits per heavy atom. The number of pyridine rings is 1. The molecule has 5 nitrogen and oxygen atoms in total. The molecule has 0 saturated carbocycles. The van der Waals surface area contributed by atoms with Crippen LogP contribution in [0, 0.1) is 6.92 Å². The van der Waals surface area contributed by atoms with Crippen LogP contribution in [0.1, 0.15) is 35.6 Å². The summed E-state index contributed by atoms with van der Waals surface area (Å²) < 4.78 is 2.11. The maximum atomic E-state index is 6.37. The van der Waals surface area contributed by atoms with Crippen LogP contribution in [0.25, 0.3) is 34.3 Å². The average molecular weight is 418 g/mol. The highest BCUT2D eigenvalue weighted by atomic mass is 35.5. The van der Waals surface area contributed by atoms with Gasteiger partial charge in [0.1, 0.15) is 5.65 Å². The Morgan fingerprint density at radius 3 is 2.83 bits per heavy atom. The number of rotatable bonds is 4. The molecule has 6 heteroatoms. The van der Waals surface area contributed by atoms with E-state index in [1.807, 2.05) is 30.7 Å². The summed E-state index contributed by atoms with van der Waals surface area (Å²) in [6.45, 7) is 4.18. The van der Waals surface area contributed by atoms with Crippen LogP contribution in [0.5, 0.6) is 0 Å². The normalized spacial score (nSPS) is 15.4. The van der Waals surface area contributed by atoms with Crippen molar-refractivity contribution in [2.24, 2.45) is 0 Å². The summed E-state index contributed by atoms with van der Waals surface area (Å²) in [5.74, 6) is 0. The van der Waals surface area contributed by atoms with E-state index >= 15 is 0 Å². The molecule has 1 saturated heterocycles. The van der Waals surface area contributed by atoms with Crippen LogP contribution < -0.4 is 5.32 Å². The maximum Gasteiger partial charge on any atom is 0.137 e. The molecule has 0 spiro atoms. The van der Waals surface area contributed by atoms with Crippen molar-refractivity contribution in [2.45, 2.75) is 25.8 Å². The van der Waals surface area contributed by atoms with Gasteiger partial charge >= 0.3 is 0 Å². The predicted molar refractivity (Wildman–Crippen MR) is 124 cm³/mol. The molecule has 1 fully saturated rings. The van der Waals surface area contributed by atoms with Crippen molar-refractivity contribution in [1.29, 1.82) is 0 Å². The Morgan fingerprint density at radius 1 is 1.13 bits per heavy atom. The zero-order chi connectivity index (χ0) is 20.5. The van der Waals surface area contributed by atoms with Crippen LogP contribution in [0.4, 0.5) is 0 Å². The Labute approximate surface area is 180 Å². The molecule has 4 heterocycles. The fourth-order valence-corrected chi connectivity index (χ4v) is 4.39. The van der Waals surface area contributed by atoms with E-state index < -0.39 is 0 Å². The third kappa shape index (κ3) is 3.66. The van der Waals surface area contributed by atoms with E-state index in [0.717, 1.165) is 69.8 Å². The number of piperidine rings is 1. The molecule has 0 radical (unpaired) electrons. The smallest absolute Gasteiger partial charge is 0.137 e. The molecule has 0 aliphatic carbocycles. The zero-order valence-electron chi connectivity index (χ0n) is 16.9. The fourth-order valence-electron chi connectivity index (χ4n) is 4.11. The lowest BCUT2D eigenvalue weighted by Gasteiger charge is -2.22. The van der Waals surface area contributed by atoms with Gasteiger partial charge in [0.2, 0.25) is 0 Å². The molecule has 152 valence electrons. The lowest BCUT2D eigenvalue weighted by atomic mass is 10.1. The minimum absolute atomic E-state index is 0.473. The molecule has 1 aliphatic heterocycles. The van der Waals surface area contributed by atoms with E-state index in [-0.39, 0.29) is 0 Å². The van der Waals surface area contributed by atoms with Crippen molar-refractivity contribution in [1.82, 2.24) is 25.1 Å². The lowest BCUT2D eigenvalue weighted by Crippen LogP contribution is -2.29. The number of halogens is 1. The van der Waals surface area contributed by atoms with Crippen LogP contribution >= 0.6 is 11.6 Å². The largest absolute Gasteiger partial charge is 0.346 e. The van der Waals surface area contributed by atoms with Gasteiger partial charge in [-0.15, -0.1) is 0 Å². The zero-order valence-corrected chi connectivity index (χ0v) is 17.7. The molecule has 5 rings (SSSR count). The number of nitrogens with one attached hydrogen (secondary N) is 2. The molecule has 3 aromatic heterocycles. The SMILES string of the molecule is Cc1cccc(Cl)c1C=Cc1c[nH]c2ncc(-c3cnn(C4CCNCC4)c3)cc12. The minimum Gasteiger partial charge on any atom is -0.346 e. The number of hydrogen-bond donors (Lipinski definition) is 2. The number of nitrogens with zero attached hydrogens (tertiary/aromatic N) is 3. The summed E-state index contributed by atoms with van der Waals surface area (Å²) in [5.41, 5.74) is 6.33. The number of aromatic nitrogens is 4. The molecule has 0 bridgehead atoms. The average Bonchev–Trinajstić information content (AvgIpc) is 3.41. The third-order valence-electron chi connectivity index (χ3n) is 5.88. The second-order valence-corrected chi connectivity index (χ2v) is 8.27. The van der Waals surface area contributed by atoms with Crippen molar-refractivity contribution >= 4 is 34.8 Å². The summed E-state index contributed by atoms with van der Waals surface area (Å²) in [4.78, 5) is 7.89. The predicted octanol–water partition coefficient (Wildman–Crippen LogP) is 5.48. The Hall–Kier alpha value is -2.89. The van der Waals surface area contributed by atoms with Gasteiger partial charge in [0.05, 0.1) is 12.2 Å². The van der Waals surface area contributed by atoms with Gasteiger partial charge in [-0.1, -0.05) is 35.9 Å². The quantitative estimate of drug-likeness (QED) is 0.462. The van der Waals surface area contributed by atoms with E-state index in [4.69, 9.17) is 11.6 Å². The van der Waals surface area contributed by atoms with Crippen molar-refractivity contribution in [3.05, 3.63) is 70.8 Å². The summed E-state index contributed by atoms with van der Waals surface area (Å²) in [5, 5.41) is 9.88. The second kappa shape index (κ2) is 8.09. The van der Waals surface area contributed by atoms with Crippen LogP contribution in [-0.4, -0.2) is 32.8 Å². The van der Waals surface area contributed by atoms with Gasteiger partial charge in [0.25, 0.3) is 0 Å². The fraction of sp³-hybridized carbons (Fsp3) is 0.250. The van der Waals surface area contributed by atoms with Gasteiger partial charge in [-0.3, -0.25) is 4.68 Å². The highest BCUT2D eigenvalue weighted by molar-refractivity contribution is 6.32. The molecular formula is C24H24ClN5. The number of fused-ring (bicyclic) bond motifs is 1. The summed E-state index contributed by atoms with van der Waals surface area (Å²) >= 11 is 6.37. The maximum absolute atomic E-state index is 6.37. The van der Waals surface area contributed by atoms with Gasteiger partial charge in [-0.2, -0.15) is 5.10 Å². The number of benzene rings is 1. The van der Waals surface area contributed by atoms with E-state index in [2.05, 4.69) is 62.5 Å². The van der Waals surface area contributed by atoms with Crippen LogP contribution in [0.2, 0.25) is 5.02 Å². The van der Waals surface area contributed by atoms with Crippen molar-refractivity contribution in [3.8, 4) is 11.1 Å². The first-order valence-corrected chi connectivity index (χ1v) is 10.7. The van der Waals surface area contributed by atoms with Gasteiger partial charge in [-0.05, 0) is 56.1 Å². The van der Waals surface area contributed by atoms with Gasteiger partial charge < -0.3 is 10.3 Å². The molecule has 30 heavy (non-hydrogen) atoms. The molecule has 2 N–H and O–H groups in total. The first-order valence-electron chi connectivity index (χ1n) is 10.3. The summed E-state index contributed by atoms with van der Waals surface area (Å²) in [6.07, 6.45) is 14.4. The molecule has 1 aliphatic rings. The van der Waals surface area contributed by atoms with Gasteiger partial charge in [0, 0.05) is 45.7 Å². The first kappa shape index (κ1) is 19.1. The summed E-state index contributed by atoms with van der Waals surface area (Å²) in [7, 11) is 0. The molecular weight excluding hydrogens is 394 g/mol. The standard InChI is InChI=1S/C24H24ClN5/c1-16-3-2-4-23(25)21(16)6-5-17-12-27-24-22(17)11-18(13-28-24)19-14-29-30(15-19)20-7-9-26-10-8-20/h2-6,11-15,20,26H,7-10H2,1H3,(H,27,28). The molecule has 0 amide bonds. The van der Waals surface area contributed by atoms with Crippen molar-refractivity contribution in [2.75, 3.05) is 13.1 Å². The van der Waals surface area contributed by atoms with E-state index in [1.54, 1.807) is 0 Å². The van der Waals surface area contributed by atoms with Gasteiger partial charge in [0.15, 0.2) is 0 Å². The number of H-pyrrole nitrogens is 1. The van der Waals surface area contributed by atoms with Crippen molar-refractivity contribution < 1.29 is 0 Å². The minimum atomic E-state index is 0.473. The highest BCUT2D eigenvalue weighted by Crippen LogP contribution is 2.28. The Kier molecular flexibility index (Phi) is 5.15. The topological polar surface area (TPSA) is 58.5 Å². The van der Waals surface area contributed by atoms with Crippen LogP contribution in [0.3, 0.4) is 0 Å².